The number of benzene rings is 1. The molecule has 0 radical (unpaired) electrons. The fourth-order valence-electron chi connectivity index (χ4n) is 2.62. The topological polar surface area (TPSA) is 44.4 Å². The van der Waals surface area contributed by atoms with E-state index in [0.29, 0.717) is 12.0 Å². The molecule has 0 aromatic heterocycles. The molecular formula is C16H21N3OS. The summed E-state index contributed by atoms with van der Waals surface area (Å²) in [7, 11) is 0. The molecule has 3 rings (SSSR count). The monoisotopic (exact) mass is 303 g/mol. The van der Waals surface area contributed by atoms with Crippen molar-refractivity contribution in [2.24, 2.45) is 5.92 Å². The molecule has 1 saturated carbocycles. The van der Waals surface area contributed by atoms with Gasteiger partial charge in [0.05, 0.1) is 0 Å². The van der Waals surface area contributed by atoms with Crippen molar-refractivity contribution in [3.8, 4) is 0 Å². The summed E-state index contributed by atoms with van der Waals surface area (Å²) in [4.78, 5) is 13.9. The number of anilines is 1. The van der Waals surface area contributed by atoms with Gasteiger partial charge in [0.1, 0.15) is 0 Å². The maximum Gasteiger partial charge on any atom is 0.223 e. The number of para-hydroxylation sites is 1. The minimum atomic E-state index is 0.249. The maximum absolute atomic E-state index is 11.8. The van der Waals surface area contributed by atoms with Gasteiger partial charge < -0.3 is 15.5 Å². The number of rotatable bonds is 3. The van der Waals surface area contributed by atoms with E-state index in [4.69, 9.17) is 12.2 Å². The first kappa shape index (κ1) is 14.3. The third-order valence-corrected chi connectivity index (χ3v) is 4.46. The van der Waals surface area contributed by atoms with E-state index in [0.717, 1.165) is 49.6 Å². The molecule has 2 aliphatic rings. The predicted octanol–water partition coefficient (Wildman–Crippen LogP) is 2.37. The van der Waals surface area contributed by atoms with Crippen molar-refractivity contribution < 1.29 is 4.79 Å². The molecule has 1 saturated heterocycles. The second kappa shape index (κ2) is 6.43. The van der Waals surface area contributed by atoms with E-state index < -0.39 is 0 Å². The first-order valence-electron chi connectivity index (χ1n) is 7.64. The summed E-state index contributed by atoms with van der Waals surface area (Å²) < 4.78 is 0. The third kappa shape index (κ3) is 3.94. The highest BCUT2D eigenvalue weighted by atomic mass is 32.1. The number of nitrogens with zero attached hydrogens (tertiary/aromatic N) is 1. The lowest BCUT2D eigenvalue weighted by Crippen LogP contribution is -2.47. The van der Waals surface area contributed by atoms with Crippen LogP contribution in [-0.2, 0) is 4.79 Å². The van der Waals surface area contributed by atoms with Crippen LogP contribution in [0, 0.1) is 5.92 Å². The molecule has 2 N–H and O–H groups in total. The number of carbonyl (C=O) groups excluding carboxylic acids is 1. The largest absolute Gasteiger partial charge is 0.353 e. The van der Waals surface area contributed by atoms with Crippen LogP contribution < -0.4 is 10.6 Å². The van der Waals surface area contributed by atoms with Gasteiger partial charge in [-0.3, -0.25) is 4.79 Å². The van der Waals surface area contributed by atoms with Crippen molar-refractivity contribution in [2.75, 3.05) is 18.4 Å². The van der Waals surface area contributed by atoms with Crippen molar-refractivity contribution in [3.05, 3.63) is 30.3 Å². The van der Waals surface area contributed by atoms with E-state index in [1.807, 2.05) is 30.3 Å². The summed E-state index contributed by atoms with van der Waals surface area (Å²) >= 11 is 5.46. The van der Waals surface area contributed by atoms with Gasteiger partial charge in [-0.25, -0.2) is 0 Å². The Kier molecular flexibility index (Phi) is 4.39. The molecular weight excluding hydrogens is 282 g/mol. The van der Waals surface area contributed by atoms with Crippen LogP contribution in [0.4, 0.5) is 5.69 Å². The molecule has 112 valence electrons. The van der Waals surface area contributed by atoms with Gasteiger partial charge in [0, 0.05) is 30.7 Å². The van der Waals surface area contributed by atoms with Gasteiger partial charge in [-0.2, -0.15) is 0 Å². The quantitative estimate of drug-likeness (QED) is 0.842. The van der Waals surface area contributed by atoms with Crippen molar-refractivity contribution in [2.45, 2.75) is 31.7 Å². The van der Waals surface area contributed by atoms with E-state index >= 15 is 0 Å². The molecule has 0 atom stereocenters. The Balaban J connectivity index is 1.44. The molecule has 2 fully saturated rings. The summed E-state index contributed by atoms with van der Waals surface area (Å²) in [6.45, 7) is 1.79. The fourth-order valence-corrected chi connectivity index (χ4v) is 2.92. The van der Waals surface area contributed by atoms with Gasteiger partial charge in [-0.15, -0.1) is 0 Å². The van der Waals surface area contributed by atoms with E-state index in [9.17, 15) is 4.79 Å². The van der Waals surface area contributed by atoms with Gasteiger partial charge in [0.25, 0.3) is 0 Å². The number of nitrogens with one attached hydrogen (secondary N) is 2. The Morgan fingerprint density at radius 3 is 2.38 bits per heavy atom. The smallest absolute Gasteiger partial charge is 0.223 e. The number of thiocarbonyl (C=S) groups is 1. The molecule has 4 nitrogen and oxygen atoms in total. The second-order valence-corrected chi connectivity index (χ2v) is 6.23. The number of hydrogen-bond donors (Lipinski definition) is 2. The van der Waals surface area contributed by atoms with Crippen molar-refractivity contribution in [1.82, 2.24) is 10.2 Å². The van der Waals surface area contributed by atoms with Crippen LogP contribution in [0.1, 0.15) is 25.7 Å². The predicted molar refractivity (Wildman–Crippen MR) is 88.1 cm³/mol. The number of carbonyl (C=O) groups is 1. The lowest BCUT2D eigenvalue weighted by molar-refractivity contribution is -0.123. The normalized spacial score (nSPS) is 19.1. The Bertz CT molecular complexity index is 508. The molecule has 0 bridgehead atoms. The number of likely N-dealkylation sites (tertiary alicyclic amines) is 1. The molecule has 1 aromatic carbocycles. The minimum Gasteiger partial charge on any atom is -0.353 e. The number of hydrogen-bond acceptors (Lipinski definition) is 2. The molecule has 1 aromatic rings. The second-order valence-electron chi connectivity index (χ2n) is 5.84. The zero-order chi connectivity index (χ0) is 14.7. The lowest BCUT2D eigenvalue weighted by atomic mass is 10.1. The van der Waals surface area contributed by atoms with E-state index in [1.54, 1.807) is 0 Å². The van der Waals surface area contributed by atoms with Gasteiger partial charge in [-0.1, -0.05) is 18.2 Å². The Hall–Kier alpha value is -1.62. The summed E-state index contributed by atoms with van der Waals surface area (Å²) in [6, 6.07) is 10.3. The summed E-state index contributed by atoms with van der Waals surface area (Å²) in [5, 5.41) is 7.20. The van der Waals surface area contributed by atoms with Crippen LogP contribution in [0.25, 0.3) is 0 Å². The molecule has 1 amide bonds. The summed E-state index contributed by atoms with van der Waals surface area (Å²) in [5.41, 5.74) is 1.02. The fraction of sp³-hybridized carbons (Fsp3) is 0.500. The molecule has 21 heavy (non-hydrogen) atoms. The zero-order valence-electron chi connectivity index (χ0n) is 12.0. The third-order valence-electron chi connectivity index (χ3n) is 4.10. The molecule has 0 spiro atoms. The maximum atomic E-state index is 11.8. The summed E-state index contributed by atoms with van der Waals surface area (Å²) in [6.07, 6.45) is 4.07. The van der Waals surface area contributed by atoms with Crippen LogP contribution in [0.2, 0.25) is 0 Å². The summed E-state index contributed by atoms with van der Waals surface area (Å²) in [5.74, 6) is 0.544. The zero-order valence-corrected chi connectivity index (χ0v) is 12.9. The molecule has 0 unspecified atom stereocenters. The van der Waals surface area contributed by atoms with Crippen LogP contribution in [0.5, 0.6) is 0 Å². The highest BCUT2D eigenvalue weighted by Gasteiger charge is 2.31. The van der Waals surface area contributed by atoms with E-state index in [2.05, 4.69) is 15.5 Å². The first-order chi connectivity index (χ1) is 10.2. The highest BCUT2D eigenvalue weighted by molar-refractivity contribution is 7.80. The van der Waals surface area contributed by atoms with Gasteiger partial charge in [-0.05, 0) is 50.0 Å². The Morgan fingerprint density at radius 1 is 1.10 bits per heavy atom. The van der Waals surface area contributed by atoms with Crippen LogP contribution in [0.3, 0.4) is 0 Å². The SMILES string of the molecule is O=C(NC1CCN(C(=S)Nc2ccccc2)CC1)C1CC1. The molecule has 5 heteroatoms. The van der Waals surface area contributed by atoms with Gasteiger partial charge >= 0.3 is 0 Å². The Morgan fingerprint density at radius 2 is 1.76 bits per heavy atom. The van der Waals surface area contributed by atoms with Crippen molar-refractivity contribution in [1.29, 1.82) is 0 Å². The van der Waals surface area contributed by atoms with Crippen molar-refractivity contribution in [3.63, 3.8) is 0 Å². The first-order valence-corrected chi connectivity index (χ1v) is 8.04. The average Bonchev–Trinajstić information content (AvgIpc) is 3.33. The number of amides is 1. The average molecular weight is 303 g/mol. The van der Waals surface area contributed by atoms with Gasteiger partial charge in [0.15, 0.2) is 5.11 Å². The van der Waals surface area contributed by atoms with Crippen LogP contribution in [-0.4, -0.2) is 35.1 Å². The van der Waals surface area contributed by atoms with Crippen LogP contribution >= 0.6 is 12.2 Å². The van der Waals surface area contributed by atoms with E-state index in [1.165, 1.54) is 0 Å². The number of piperidine rings is 1. The molecule has 1 heterocycles. The minimum absolute atomic E-state index is 0.249. The molecule has 1 aliphatic heterocycles. The standard InChI is InChI=1S/C16H21N3OS/c20-15(12-6-7-12)17-14-8-10-19(11-9-14)16(21)18-13-4-2-1-3-5-13/h1-5,12,14H,6-11H2,(H,17,20)(H,18,21). The van der Waals surface area contributed by atoms with Crippen LogP contribution in [0.15, 0.2) is 30.3 Å². The molecule has 1 aliphatic carbocycles. The Labute approximate surface area is 130 Å². The van der Waals surface area contributed by atoms with Crippen molar-refractivity contribution >= 4 is 28.9 Å². The van der Waals surface area contributed by atoms with E-state index in [-0.39, 0.29) is 5.91 Å². The van der Waals surface area contributed by atoms with Gasteiger partial charge in [0.2, 0.25) is 5.91 Å². The highest BCUT2D eigenvalue weighted by Crippen LogP contribution is 2.29. The lowest BCUT2D eigenvalue weighted by Gasteiger charge is -2.34.